The Morgan fingerprint density at radius 3 is 1.63 bits per heavy atom. The van der Waals surface area contributed by atoms with Crippen LogP contribution in [-0.2, 0) is 10.8 Å². The highest BCUT2D eigenvalue weighted by Crippen LogP contribution is 2.47. The van der Waals surface area contributed by atoms with E-state index in [2.05, 4.69) is 60.6 Å². The van der Waals surface area contributed by atoms with Crippen LogP contribution in [0.2, 0.25) is 0 Å². The zero-order chi connectivity index (χ0) is 20.0. The van der Waals surface area contributed by atoms with Gasteiger partial charge in [-0.25, -0.2) is 0 Å². The van der Waals surface area contributed by atoms with Crippen LogP contribution in [0.1, 0.15) is 116 Å². The number of benzene rings is 1. The van der Waals surface area contributed by atoms with Crippen molar-refractivity contribution in [2.45, 2.75) is 110 Å². The van der Waals surface area contributed by atoms with Crippen molar-refractivity contribution < 1.29 is 5.11 Å². The molecule has 0 saturated heterocycles. The van der Waals surface area contributed by atoms with E-state index in [0.29, 0.717) is 11.7 Å². The first-order valence-electron chi connectivity index (χ1n) is 11.3. The van der Waals surface area contributed by atoms with Gasteiger partial charge < -0.3 is 5.11 Å². The van der Waals surface area contributed by atoms with Crippen LogP contribution in [0.4, 0.5) is 0 Å². The molecular weight excluding hydrogens is 328 g/mol. The van der Waals surface area contributed by atoms with E-state index in [9.17, 15) is 5.11 Å². The molecule has 1 nitrogen and oxygen atoms in total. The van der Waals surface area contributed by atoms with Gasteiger partial charge in [0.2, 0.25) is 0 Å². The van der Waals surface area contributed by atoms with Crippen LogP contribution in [0.15, 0.2) is 12.1 Å². The summed E-state index contributed by atoms with van der Waals surface area (Å²) in [5, 5.41) is 11.0. The molecule has 2 aliphatic rings. The lowest BCUT2D eigenvalue weighted by Crippen LogP contribution is -2.22. The van der Waals surface area contributed by atoms with Gasteiger partial charge in [0.1, 0.15) is 5.75 Å². The summed E-state index contributed by atoms with van der Waals surface area (Å²) in [6, 6.07) is 4.65. The van der Waals surface area contributed by atoms with Gasteiger partial charge in [0, 0.05) is 0 Å². The van der Waals surface area contributed by atoms with Gasteiger partial charge in [0.15, 0.2) is 0 Å². The van der Waals surface area contributed by atoms with Gasteiger partial charge >= 0.3 is 0 Å². The minimum atomic E-state index is -0.0305. The van der Waals surface area contributed by atoms with E-state index in [1.165, 1.54) is 50.5 Å². The summed E-state index contributed by atoms with van der Waals surface area (Å²) in [4.78, 5) is 0. The van der Waals surface area contributed by atoms with E-state index in [4.69, 9.17) is 0 Å². The quantitative estimate of drug-likeness (QED) is 0.565. The fraction of sp³-hybridized carbons (Fsp3) is 0.769. The van der Waals surface area contributed by atoms with E-state index >= 15 is 0 Å². The second-order valence-corrected chi connectivity index (χ2v) is 11.8. The normalized spacial score (nSPS) is 29.9. The summed E-state index contributed by atoms with van der Waals surface area (Å²) in [5.74, 6) is 4.10. The Morgan fingerprint density at radius 2 is 1.22 bits per heavy atom. The van der Waals surface area contributed by atoms with Crippen molar-refractivity contribution in [3.05, 3.63) is 28.8 Å². The first-order valence-corrected chi connectivity index (χ1v) is 11.3. The van der Waals surface area contributed by atoms with E-state index in [1.54, 1.807) is 0 Å². The molecule has 1 aromatic carbocycles. The van der Waals surface area contributed by atoms with E-state index in [-0.39, 0.29) is 10.8 Å². The van der Waals surface area contributed by atoms with Crippen LogP contribution in [0, 0.1) is 17.8 Å². The summed E-state index contributed by atoms with van der Waals surface area (Å²) in [5.41, 5.74) is 3.66. The largest absolute Gasteiger partial charge is 0.507 e. The number of hydrogen-bond donors (Lipinski definition) is 1. The average molecular weight is 371 g/mol. The van der Waals surface area contributed by atoms with Gasteiger partial charge in [-0.3, -0.25) is 0 Å². The maximum absolute atomic E-state index is 11.0. The minimum absolute atomic E-state index is 0.0305. The molecule has 2 fully saturated rings. The molecule has 2 atom stereocenters. The minimum Gasteiger partial charge on any atom is -0.507 e. The molecule has 0 aliphatic heterocycles. The van der Waals surface area contributed by atoms with Crippen LogP contribution in [0.3, 0.4) is 0 Å². The van der Waals surface area contributed by atoms with Gasteiger partial charge in [-0.15, -0.1) is 0 Å². The third kappa shape index (κ3) is 4.54. The van der Waals surface area contributed by atoms with Crippen molar-refractivity contribution in [3.8, 4) is 5.75 Å². The van der Waals surface area contributed by atoms with Crippen LogP contribution >= 0.6 is 0 Å². The summed E-state index contributed by atoms with van der Waals surface area (Å²) in [7, 11) is 0. The van der Waals surface area contributed by atoms with E-state index in [0.717, 1.165) is 28.9 Å². The molecule has 1 heteroatoms. The lowest BCUT2D eigenvalue weighted by Gasteiger charge is -2.34. The molecule has 3 rings (SSSR count). The molecule has 2 aliphatic carbocycles. The van der Waals surface area contributed by atoms with Crippen LogP contribution < -0.4 is 0 Å². The monoisotopic (exact) mass is 370 g/mol. The second kappa shape index (κ2) is 7.45. The SMILES string of the molecule is CC1CCC(C2CCC(c3cc(C(C)(C)C)c(O)c(C(C)(C)C)c3)CC2)C1. The van der Waals surface area contributed by atoms with Gasteiger partial charge in [-0.2, -0.15) is 0 Å². The van der Waals surface area contributed by atoms with Crippen LogP contribution in [0.5, 0.6) is 5.75 Å². The molecule has 2 saturated carbocycles. The lowest BCUT2D eigenvalue weighted by atomic mass is 9.71. The van der Waals surface area contributed by atoms with Crippen molar-refractivity contribution in [2.75, 3.05) is 0 Å². The molecule has 27 heavy (non-hydrogen) atoms. The van der Waals surface area contributed by atoms with Crippen molar-refractivity contribution in [2.24, 2.45) is 17.8 Å². The standard InChI is InChI=1S/C26H42O/c1-17-8-9-20(14-17)18-10-12-19(13-11-18)21-15-22(25(2,3)4)24(27)23(16-21)26(5,6)7/h15-20,27H,8-14H2,1-7H3. The Balaban J connectivity index is 1.82. The summed E-state index contributed by atoms with van der Waals surface area (Å²) in [6.07, 6.45) is 9.85. The second-order valence-electron chi connectivity index (χ2n) is 11.8. The smallest absolute Gasteiger partial charge is 0.123 e. The third-order valence-electron chi connectivity index (χ3n) is 7.39. The van der Waals surface area contributed by atoms with Gasteiger partial charge in [0.25, 0.3) is 0 Å². The Morgan fingerprint density at radius 1 is 0.741 bits per heavy atom. The number of hydrogen-bond acceptors (Lipinski definition) is 1. The highest BCUT2D eigenvalue weighted by atomic mass is 16.3. The summed E-state index contributed by atoms with van der Waals surface area (Å²) >= 11 is 0. The van der Waals surface area contributed by atoms with Crippen molar-refractivity contribution in [1.82, 2.24) is 0 Å². The maximum atomic E-state index is 11.0. The fourth-order valence-corrected chi connectivity index (χ4v) is 5.64. The van der Waals surface area contributed by atoms with Gasteiger partial charge in [0.05, 0.1) is 0 Å². The number of phenols is 1. The first-order chi connectivity index (χ1) is 12.5. The topological polar surface area (TPSA) is 20.2 Å². The maximum Gasteiger partial charge on any atom is 0.123 e. The third-order valence-corrected chi connectivity index (χ3v) is 7.39. The first kappa shape index (κ1) is 20.7. The highest BCUT2D eigenvalue weighted by Gasteiger charge is 2.33. The van der Waals surface area contributed by atoms with Crippen LogP contribution in [-0.4, -0.2) is 5.11 Å². The van der Waals surface area contributed by atoms with Gasteiger partial charge in [-0.05, 0) is 89.7 Å². The number of phenolic OH excluding ortho intramolecular Hbond substituents is 1. The Hall–Kier alpha value is -0.980. The molecule has 152 valence electrons. The van der Waals surface area contributed by atoms with Crippen molar-refractivity contribution in [3.63, 3.8) is 0 Å². The number of rotatable bonds is 2. The molecule has 0 bridgehead atoms. The highest BCUT2D eigenvalue weighted by molar-refractivity contribution is 5.50. The van der Waals surface area contributed by atoms with Crippen molar-refractivity contribution in [1.29, 1.82) is 0 Å². The van der Waals surface area contributed by atoms with E-state index in [1.807, 2.05) is 0 Å². The Labute approximate surface area is 168 Å². The fourth-order valence-electron chi connectivity index (χ4n) is 5.64. The van der Waals surface area contributed by atoms with Crippen molar-refractivity contribution >= 4 is 0 Å². The molecule has 0 radical (unpaired) electrons. The van der Waals surface area contributed by atoms with Gasteiger partial charge in [-0.1, -0.05) is 67.0 Å². The molecule has 1 aromatic rings. The average Bonchev–Trinajstić information content (AvgIpc) is 2.99. The van der Waals surface area contributed by atoms with E-state index < -0.39 is 0 Å². The molecule has 1 N–H and O–H groups in total. The van der Waals surface area contributed by atoms with Crippen LogP contribution in [0.25, 0.3) is 0 Å². The zero-order valence-electron chi connectivity index (χ0n) is 18.9. The molecule has 0 aromatic heterocycles. The molecule has 0 heterocycles. The molecule has 0 spiro atoms. The lowest BCUT2D eigenvalue weighted by molar-refractivity contribution is 0.231. The predicted octanol–water partition coefficient (Wildman–Crippen LogP) is 7.70. The predicted molar refractivity (Wildman–Crippen MR) is 117 cm³/mol. The summed E-state index contributed by atoms with van der Waals surface area (Å²) < 4.78 is 0. The summed E-state index contributed by atoms with van der Waals surface area (Å²) in [6.45, 7) is 15.7. The Bertz CT molecular complexity index is 615. The Kier molecular flexibility index (Phi) is 5.72. The molecular formula is C26H42O. The number of aromatic hydroxyl groups is 1. The zero-order valence-corrected chi connectivity index (χ0v) is 18.9. The molecule has 2 unspecified atom stereocenters. The molecule has 0 amide bonds.